The first-order valence-electron chi connectivity index (χ1n) is 24.1. The molecule has 0 amide bonds. The van der Waals surface area contributed by atoms with Crippen LogP contribution in [0.15, 0.2) is 142 Å². The standard InChI is InChI=1S/C29H37.C21H26.C11H17.Zr/c1-21-14-13-15-22-20-27(6)25(4)18-10-9-16-23(25,2)24(3)17-11-12-19-26(24,5)29(27,8)28(21,22)7;1-20(2,3)18-11-7-16(8-12-18)15-17-9-13-19(14-10-17)21(4,5)6;1-5-9-6-7-10(8-9)11(2,3)4;/h9-20,22H,1-8H3;7-14H,1-6H3;7-9H,5H2,1-4H3;. The molecule has 0 radical (unpaired) electrons. The molecule has 0 nitrogen and oxygen atoms in total. The molecule has 8 rings (SSSR count). The maximum absolute atomic E-state index is 3.27. The molecule has 10 unspecified atom stereocenters. The van der Waals surface area contributed by atoms with E-state index >= 15 is 0 Å². The third kappa shape index (κ3) is 5.67. The van der Waals surface area contributed by atoms with Gasteiger partial charge in [-0.3, -0.25) is 0 Å². The van der Waals surface area contributed by atoms with Crippen LogP contribution in [0.4, 0.5) is 0 Å². The summed E-state index contributed by atoms with van der Waals surface area (Å²) in [5.74, 6) is 0.802. The van der Waals surface area contributed by atoms with Crippen LogP contribution in [-0.2, 0) is 32.1 Å². The number of hydrogen-bond donors (Lipinski definition) is 0. The van der Waals surface area contributed by atoms with E-state index in [-0.39, 0.29) is 54.1 Å². The summed E-state index contributed by atoms with van der Waals surface area (Å²) in [6, 6.07) is 20.1. The van der Waals surface area contributed by atoms with Gasteiger partial charge in [-0.15, -0.1) is 0 Å². The van der Waals surface area contributed by atoms with Crippen molar-refractivity contribution >= 4 is 3.21 Å². The summed E-state index contributed by atoms with van der Waals surface area (Å²) in [5, 5.41) is 0. The molecule has 328 valence electrons. The predicted molar refractivity (Wildman–Crippen MR) is 266 cm³/mol. The summed E-state index contributed by atoms with van der Waals surface area (Å²) in [6.07, 6.45) is 34.8. The average Bonchev–Trinajstić information content (AvgIpc) is 3.71. The van der Waals surface area contributed by atoms with Gasteiger partial charge in [-0.2, -0.15) is 0 Å². The molecular weight excluding hydrogens is 824 g/mol. The second kappa shape index (κ2) is 14.3. The van der Waals surface area contributed by atoms with Crippen LogP contribution in [0, 0.1) is 55.2 Å². The van der Waals surface area contributed by atoms with E-state index in [0.29, 0.717) is 15.5 Å². The minimum atomic E-state index is -3.27. The molecule has 6 aliphatic rings. The summed E-state index contributed by atoms with van der Waals surface area (Å²) in [7, 11) is 0. The van der Waals surface area contributed by atoms with E-state index < -0.39 is 21.3 Å². The van der Waals surface area contributed by atoms with Crippen molar-refractivity contribution in [1.29, 1.82) is 0 Å². The van der Waals surface area contributed by atoms with E-state index in [1.807, 2.05) is 3.28 Å². The molecule has 0 aliphatic heterocycles. The fraction of sp³-hybridized carbons (Fsp3) is 0.525. The van der Waals surface area contributed by atoms with E-state index in [4.69, 9.17) is 0 Å². The molecule has 6 aliphatic carbocycles. The Bertz CT molecular complexity index is 2390. The van der Waals surface area contributed by atoms with Crippen molar-refractivity contribution in [2.75, 3.05) is 0 Å². The van der Waals surface area contributed by atoms with Crippen LogP contribution in [0.5, 0.6) is 0 Å². The fourth-order valence-corrected chi connectivity index (χ4v) is 27.2. The Morgan fingerprint density at radius 3 is 1.48 bits per heavy atom. The molecule has 62 heavy (non-hydrogen) atoms. The second-order valence-corrected chi connectivity index (χ2v) is 31.2. The topological polar surface area (TPSA) is 0 Å². The summed E-state index contributed by atoms with van der Waals surface area (Å²) in [6.45, 7) is 45.6. The van der Waals surface area contributed by atoms with Crippen molar-refractivity contribution in [2.45, 2.75) is 146 Å². The van der Waals surface area contributed by atoms with Crippen LogP contribution < -0.4 is 0 Å². The van der Waals surface area contributed by atoms with Crippen molar-refractivity contribution in [3.8, 4) is 0 Å². The molecule has 10 atom stereocenters. The van der Waals surface area contributed by atoms with Crippen LogP contribution in [-0.4, -0.2) is 3.21 Å². The first-order chi connectivity index (χ1) is 28.6. The van der Waals surface area contributed by atoms with Gasteiger partial charge in [-0.25, -0.2) is 0 Å². The van der Waals surface area contributed by atoms with Gasteiger partial charge in [0.15, 0.2) is 0 Å². The number of hydrogen-bond acceptors (Lipinski definition) is 0. The third-order valence-electron chi connectivity index (χ3n) is 19.9. The van der Waals surface area contributed by atoms with Crippen molar-refractivity contribution in [3.63, 3.8) is 0 Å². The van der Waals surface area contributed by atoms with Gasteiger partial charge in [-0.1, -0.05) is 0 Å². The Hall–Kier alpha value is -2.89. The fourth-order valence-electron chi connectivity index (χ4n) is 15.2. The quantitative estimate of drug-likeness (QED) is 0.280. The first-order valence-corrected chi connectivity index (χ1v) is 28.0. The van der Waals surface area contributed by atoms with Crippen LogP contribution >= 0.6 is 0 Å². The van der Waals surface area contributed by atoms with Crippen molar-refractivity contribution in [1.82, 2.24) is 0 Å². The van der Waals surface area contributed by atoms with Gasteiger partial charge in [0.1, 0.15) is 0 Å². The Kier molecular flexibility index (Phi) is 10.5. The van der Waals surface area contributed by atoms with Crippen molar-refractivity contribution < 1.29 is 21.3 Å². The van der Waals surface area contributed by atoms with E-state index in [9.17, 15) is 0 Å². The molecule has 2 aromatic carbocycles. The Balaban J connectivity index is 1.60. The summed E-state index contributed by atoms with van der Waals surface area (Å²) >= 11 is -3.27. The molecule has 0 heterocycles. The van der Waals surface area contributed by atoms with E-state index in [1.54, 1.807) is 8.78 Å². The SMILES string of the molecule is CCC1C=C(C(C)(C)C)C=[C]1[Zr](=[C](c1ccc(C(C)(C)C)cc1)c1ccc(C(C)(C)C)cc1)[CH]1C2C=CC=C(C)C2(C)C2(C)C3(C)C=CC=CC3(C)C3(C)C=CC=CC3(C)C12C. The number of fused-ring (bicyclic) bond motifs is 8. The summed E-state index contributed by atoms with van der Waals surface area (Å²) < 4.78 is 3.94. The molecule has 0 aromatic heterocycles. The summed E-state index contributed by atoms with van der Waals surface area (Å²) in [4.78, 5) is 0. The Morgan fingerprint density at radius 2 is 1.03 bits per heavy atom. The Morgan fingerprint density at radius 1 is 0.581 bits per heavy atom. The third-order valence-corrected chi connectivity index (χ3v) is 29.2. The van der Waals surface area contributed by atoms with Crippen LogP contribution in [0.25, 0.3) is 0 Å². The van der Waals surface area contributed by atoms with Gasteiger partial charge in [0.2, 0.25) is 0 Å². The molecule has 0 saturated heterocycles. The Labute approximate surface area is 386 Å². The zero-order valence-corrected chi connectivity index (χ0v) is 44.5. The van der Waals surface area contributed by atoms with Gasteiger partial charge < -0.3 is 0 Å². The van der Waals surface area contributed by atoms with Gasteiger partial charge in [0.05, 0.1) is 0 Å². The minimum absolute atomic E-state index is 0.0692. The predicted octanol–water partition coefficient (Wildman–Crippen LogP) is 16.6. The number of allylic oxidation sites excluding steroid dienone is 16. The zero-order chi connectivity index (χ0) is 45.5. The average molecular weight is 905 g/mol. The van der Waals surface area contributed by atoms with E-state index in [2.05, 4.69) is 252 Å². The number of benzene rings is 2. The first kappa shape index (κ1) is 45.7. The van der Waals surface area contributed by atoms with Gasteiger partial charge in [0.25, 0.3) is 0 Å². The molecule has 2 saturated carbocycles. The molecule has 0 N–H and O–H groups in total. The summed E-state index contributed by atoms with van der Waals surface area (Å²) in [5.41, 5.74) is 8.02. The van der Waals surface area contributed by atoms with Crippen LogP contribution in [0.3, 0.4) is 0 Å². The monoisotopic (exact) mass is 903 g/mol. The van der Waals surface area contributed by atoms with Crippen LogP contribution in [0.1, 0.15) is 153 Å². The van der Waals surface area contributed by atoms with E-state index in [0.717, 1.165) is 6.42 Å². The molecule has 2 aromatic rings. The molecule has 2 fully saturated rings. The second-order valence-electron chi connectivity index (χ2n) is 24.9. The normalized spacial score (nSPS) is 38.2. The molecule has 0 bridgehead atoms. The molecule has 1 heteroatoms. The zero-order valence-electron chi connectivity index (χ0n) is 42.1. The van der Waals surface area contributed by atoms with Crippen molar-refractivity contribution in [2.24, 2.45) is 55.2 Å². The van der Waals surface area contributed by atoms with Gasteiger partial charge in [0, 0.05) is 0 Å². The van der Waals surface area contributed by atoms with Gasteiger partial charge >= 0.3 is 389 Å². The molecular formula is C61H80Zr. The van der Waals surface area contributed by atoms with Crippen molar-refractivity contribution in [3.05, 3.63) is 164 Å². The molecule has 0 spiro atoms. The maximum atomic E-state index is 2.86. The van der Waals surface area contributed by atoms with Gasteiger partial charge in [-0.05, 0) is 0 Å². The van der Waals surface area contributed by atoms with Crippen LogP contribution in [0.2, 0.25) is 3.63 Å². The van der Waals surface area contributed by atoms with E-state index in [1.165, 1.54) is 27.8 Å². The number of rotatable bonds is 5.